The van der Waals surface area contributed by atoms with E-state index in [1.54, 1.807) is 0 Å². The van der Waals surface area contributed by atoms with E-state index in [9.17, 15) is 4.79 Å². The van der Waals surface area contributed by atoms with Crippen LogP contribution >= 0.6 is 0 Å². The minimum Gasteiger partial charge on any atom is -0.326 e. The van der Waals surface area contributed by atoms with Crippen LogP contribution in [0.1, 0.15) is 48.4 Å². The van der Waals surface area contributed by atoms with Crippen molar-refractivity contribution in [3.63, 3.8) is 0 Å². The third-order valence-electron chi connectivity index (χ3n) is 7.11. The highest BCUT2D eigenvalue weighted by Crippen LogP contribution is 2.35. The van der Waals surface area contributed by atoms with Gasteiger partial charge in [-0.15, -0.1) is 0 Å². The van der Waals surface area contributed by atoms with Crippen LogP contribution in [0.5, 0.6) is 0 Å². The molecule has 6 rings (SSSR count). The van der Waals surface area contributed by atoms with E-state index in [2.05, 4.69) is 51.9 Å². The van der Waals surface area contributed by atoms with Gasteiger partial charge in [0.2, 0.25) is 11.9 Å². The number of carbonyl (C=O) groups is 1. The average Bonchev–Trinajstić information content (AvgIpc) is 3.67. The number of nitrogens with one attached hydrogen (secondary N) is 2. The molecule has 7 heteroatoms. The Morgan fingerprint density at radius 1 is 1.00 bits per heavy atom. The molecule has 1 saturated carbocycles. The van der Waals surface area contributed by atoms with E-state index in [1.807, 2.05) is 73.5 Å². The predicted molar refractivity (Wildman–Crippen MR) is 152 cm³/mol. The van der Waals surface area contributed by atoms with Crippen molar-refractivity contribution >= 4 is 34.1 Å². The summed E-state index contributed by atoms with van der Waals surface area (Å²) in [6.45, 7) is 6.05. The molecule has 2 heterocycles. The SMILES string of the molecule is Cc1cccc(NC(=O)C(C)c2ccc(C)c(-c3ccc4nc(Nc5cnn(C6CC6)c5)ncc4c3)c2)c1. The van der Waals surface area contributed by atoms with Gasteiger partial charge in [-0.05, 0) is 85.7 Å². The van der Waals surface area contributed by atoms with Crippen LogP contribution in [0.4, 0.5) is 17.3 Å². The Balaban J connectivity index is 1.22. The number of aryl methyl sites for hydroxylation is 2. The third-order valence-corrected chi connectivity index (χ3v) is 7.11. The van der Waals surface area contributed by atoms with Crippen LogP contribution in [-0.4, -0.2) is 25.7 Å². The first-order valence-corrected chi connectivity index (χ1v) is 13.0. The molecule has 2 aromatic heterocycles. The van der Waals surface area contributed by atoms with Crippen LogP contribution in [0.3, 0.4) is 0 Å². The molecule has 5 aromatic rings. The lowest BCUT2D eigenvalue weighted by molar-refractivity contribution is -0.117. The lowest BCUT2D eigenvalue weighted by atomic mass is 9.92. The van der Waals surface area contributed by atoms with E-state index in [0.29, 0.717) is 12.0 Å². The molecule has 3 aromatic carbocycles. The summed E-state index contributed by atoms with van der Waals surface area (Å²) in [4.78, 5) is 22.2. The van der Waals surface area contributed by atoms with Gasteiger partial charge < -0.3 is 10.6 Å². The van der Waals surface area contributed by atoms with E-state index in [0.717, 1.165) is 50.1 Å². The first-order valence-electron chi connectivity index (χ1n) is 13.0. The summed E-state index contributed by atoms with van der Waals surface area (Å²) in [5, 5.41) is 11.7. The van der Waals surface area contributed by atoms with Gasteiger partial charge in [0.1, 0.15) is 0 Å². The van der Waals surface area contributed by atoms with Crippen molar-refractivity contribution < 1.29 is 4.79 Å². The second-order valence-electron chi connectivity index (χ2n) is 10.2. The Kier molecular flexibility index (Phi) is 6.12. The highest BCUT2D eigenvalue weighted by atomic mass is 16.1. The smallest absolute Gasteiger partial charge is 0.231 e. The van der Waals surface area contributed by atoms with Gasteiger partial charge in [0.05, 0.1) is 29.4 Å². The molecule has 1 aliphatic carbocycles. The number of anilines is 3. The molecular weight excluding hydrogens is 472 g/mol. The molecular formula is C31H30N6O. The quantitative estimate of drug-likeness (QED) is 0.252. The van der Waals surface area contributed by atoms with Crippen LogP contribution in [0, 0.1) is 13.8 Å². The van der Waals surface area contributed by atoms with Crippen molar-refractivity contribution in [2.24, 2.45) is 0 Å². The van der Waals surface area contributed by atoms with Gasteiger partial charge in [-0.25, -0.2) is 9.97 Å². The number of rotatable bonds is 7. The number of aromatic nitrogens is 4. The van der Waals surface area contributed by atoms with E-state index in [1.165, 1.54) is 12.8 Å². The molecule has 1 atom stereocenters. The average molecular weight is 503 g/mol. The third kappa shape index (κ3) is 5.00. The maximum atomic E-state index is 13.0. The van der Waals surface area contributed by atoms with E-state index in [4.69, 9.17) is 4.98 Å². The summed E-state index contributed by atoms with van der Waals surface area (Å²) < 4.78 is 2.00. The minimum absolute atomic E-state index is 0.0278. The zero-order chi connectivity index (χ0) is 26.2. The number of nitrogens with zero attached hydrogens (tertiary/aromatic N) is 4. The summed E-state index contributed by atoms with van der Waals surface area (Å²) in [6.07, 6.45) is 8.05. The molecule has 1 amide bonds. The summed E-state index contributed by atoms with van der Waals surface area (Å²) in [6, 6.07) is 20.8. The van der Waals surface area contributed by atoms with Gasteiger partial charge in [0.25, 0.3) is 0 Å². The van der Waals surface area contributed by atoms with Crippen LogP contribution < -0.4 is 10.6 Å². The molecule has 0 radical (unpaired) electrons. The molecule has 0 spiro atoms. The van der Waals surface area contributed by atoms with Crippen LogP contribution in [0.25, 0.3) is 22.0 Å². The normalized spacial score (nSPS) is 13.9. The monoisotopic (exact) mass is 502 g/mol. The van der Waals surface area contributed by atoms with Crippen LogP contribution in [0.2, 0.25) is 0 Å². The van der Waals surface area contributed by atoms with Crippen molar-refractivity contribution in [1.82, 2.24) is 19.7 Å². The summed E-state index contributed by atoms with van der Waals surface area (Å²) >= 11 is 0. The van der Waals surface area contributed by atoms with Crippen molar-refractivity contribution in [3.05, 3.63) is 95.9 Å². The number of carbonyl (C=O) groups excluding carboxylic acids is 1. The van der Waals surface area contributed by atoms with Gasteiger partial charge in [0, 0.05) is 23.5 Å². The van der Waals surface area contributed by atoms with Gasteiger partial charge in [-0.3, -0.25) is 9.48 Å². The molecule has 0 saturated heterocycles. The van der Waals surface area contributed by atoms with Gasteiger partial charge >= 0.3 is 0 Å². The van der Waals surface area contributed by atoms with Gasteiger partial charge in [-0.2, -0.15) is 5.10 Å². The first kappa shape index (κ1) is 23.9. The van der Waals surface area contributed by atoms with E-state index < -0.39 is 0 Å². The lowest BCUT2D eigenvalue weighted by Crippen LogP contribution is -2.19. The van der Waals surface area contributed by atoms with Gasteiger partial charge in [0.15, 0.2) is 0 Å². The number of fused-ring (bicyclic) bond motifs is 1. The van der Waals surface area contributed by atoms with Crippen LogP contribution in [-0.2, 0) is 4.79 Å². The molecule has 1 fully saturated rings. The Labute approximate surface area is 222 Å². The highest BCUT2D eigenvalue weighted by Gasteiger charge is 2.24. The fourth-order valence-electron chi connectivity index (χ4n) is 4.68. The summed E-state index contributed by atoms with van der Waals surface area (Å²) in [5.74, 6) is 0.226. The minimum atomic E-state index is -0.295. The largest absolute Gasteiger partial charge is 0.326 e. The molecule has 2 N–H and O–H groups in total. The molecule has 190 valence electrons. The lowest BCUT2D eigenvalue weighted by Gasteiger charge is -2.16. The zero-order valence-corrected chi connectivity index (χ0v) is 21.8. The Morgan fingerprint density at radius 2 is 1.87 bits per heavy atom. The molecule has 1 unspecified atom stereocenters. The van der Waals surface area contributed by atoms with Crippen molar-refractivity contribution in [2.45, 2.75) is 45.6 Å². The number of hydrogen-bond acceptors (Lipinski definition) is 5. The fourth-order valence-corrected chi connectivity index (χ4v) is 4.68. The second-order valence-corrected chi connectivity index (χ2v) is 10.2. The molecule has 0 bridgehead atoms. The number of hydrogen-bond donors (Lipinski definition) is 2. The van der Waals surface area contributed by atoms with Crippen LogP contribution in [0.15, 0.2) is 79.3 Å². The standard InChI is InChI=1S/C31H30N6O/c1-19-5-4-6-25(13-19)34-30(38)21(3)22-8-7-20(2)28(15-22)23-9-12-29-24(14-23)16-32-31(36-29)35-26-17-33-37(18-26)27-10-11-27/h4-9,12-18,21,27H,10-11H2,1-3H3,(H,34,38)(H,32,35,36). The Hall–Kier alpha value is -4.52. The first-order chi connectivity index (χ1) is 18.4. The Morgan fingerprint density at radius 3 is 2.68 bits per heavy atom. The zero-order valence-electron chi connectivity index (χ0n) is 21.8. The summed E-state index contributed by atoms with van der Waals surface area (Å²) in [7, 11) is 0. The maximum absolute atomic E-state index is 13.0. The van der Waals surface area contributed by atoms with E-state index in [-0.39, 0.29) is 11.8 Å². The summed E-state index contributed by atoms with van der Waals surface area (Å²) in [5.41, 5.74) is 7.95. The number of amides is 1. The molecule has 0 aliphatic heterocycles. The number of benzene rings is 3. The molecule has 38 heavy (non-hydrogen) atoms. The maximum Gasteiger partial charge on any atom is 0.231 e. The molecule has 1 aliphatic rings. The van der Waals surface area contributed by atoms with Gasteiger partial charge in [-0.1, -0.05) is 36.4 Å². The predicted octanol–water partition coefficient (Wildman–Crippen LogP) is 6.93. The molecule has 7 nitrogen and oxygen atoms in total. The van der Waals surface area contributed by atoms with Crippen molar-refractivity contribution in [2.75, 3.05) is 10.6 Å². The second kappa shape index (κ2) is 9.74. The highest BCUT2D eigenvalue weighted by molar-refractivity contribution is 5.96. The fraction of sp³-hybridized carbons (Fsp3) is 0.226. The van der Waals surface area contributed by atoms with E-state index >= 15 is 0 Å². The Bertz CT molecular complexity index is 1650. The van der Waals surface area contributed by atoms with Crippen molar-refractivity contribution in [3.8, 4) is 11.1 Å². The van der Waals surface area contributed by atoms with Crippen molar-refractivity contribution in [1.29, 1.82) is 0 Å². The topological polar surface area (TPSA) is 84.7 Å².